The number of nitrogens with one attached hydrogen (secondary N) is 2. The summed E-state index contributed by atoms with van der Waals surface area (Å²) in [5.41, 5.74) is 4.20. The number of carbonyl (C=O) groups excluding carboxylic acids is 2. The van der Waals surface area contributed by atoms with Gasteiger partial charge in [0.05, 0.1) is 6.21 Å². The minimum absolute atomic E-state index is 0.151. The van der Waals surface area contributed by atoms with Crippen molar-refractivity contribution in [2.24, 2.45) is 11.0 Å². The van der Waals surface area contributed by atoms with Gasteiger partial charge in [-0.15, -0.1) is 0 Å². The van der Waals surface area contributed by atoms with Crippen molar-refractivity contribution in [3.63, 3.8) is 0 Å². The Morgan fingerprint density at radius 1 is 0.919 bits per heavy atom. The van der Waals surface area contributed by atoms with E-state index in [-0.39, 0.29) is 18.4 Å². The number of rotatable bonds is 10. The van der Waals surface area contributed by atoms with Gasteiger partial charge in [-0.25, -0.2) is 5.43 Å². The Bertz CT molecular complexity index is 1280. The van der Waals surface area contributed by atoms with Gasteiger partial charge in [-0.05, 0) is 66.9 Å². The van der Waals surface area contributed by atoms with Crippen molar-refractivity contribution in [2.45, 2.75) is 32.9 Å². The summed E-state index contributed by atoms with van der Waals surface area (Å²) in [6.07, 6.45) is 1.85. The lowest BCUT2D eigenvalue weighted by Crippen LogP contribution is -2.46. The average molecular weight is 581 g/mol. The highest BCUT2D eigenvalue weighted by Crippen LogP contribution is 2.25. The van der Waals surface area contributed by atoms with E-state index in [1.54, 1.807) is 60.7 Å². The molecule has 0 heterocycles. The topological polar surface area (TPSA) is 79.8 Å². The minimum atomic E-state index is -0.789. The van der Waals surface area contributed by atoms with Gasteiger partial charge in [0, 0.05) is 36.8 Å². The summed E-state index contributed by atoms with van der Waals surface area (Å²) >= 11 is 24.2. The number of benzene rings is 3. The third kappa shape index (κ3) is 8.93. The fourth-order valence-electron chi connectivity index (χ4n) is 3.34. The fraction of sp³-hybridized carbons (Fsp3) is 0.222. The maximum absolute atomic E-state index is 12.9. The molecule has 0 saturated heterocycles. The van der Waals surface area contributed by atoms with Gasteiger partial charge >= 0.3 is 0 Å². The third-order valence-corrected chi connectivity index (χ3v) is 6.26. The molecule has 1 atom stereocenters. The van der Waals surface area contributed by atoms with Gasteiger partial charge in [-0.2, -0.15) is 5.10 Å². The van der Waals surface area contributed by atoms with Gasteiger partial charge in [0.2, 0.25) is 0 Å². The van der Waals surface area contributed by atoms with Crippen LogP contribution in [0.1, 0.15) is 41.8 Å². The Hall–Kier alpha value is -2.77. The van der Waals surface area contributed by atoms with E-state index >= 15 is 0 Å². The van der Waals surface area contributed by atoms with Crippen LogP contribution in [0.15, 0.2) is 65.8 Å². The zero-order chi connectivity index (χ0) is 26.9. The predicted molar refractivity (Wildman–Crippen MR) is 150 cm³/mol. The van der Waals surface area contributed by atoms with Crippen molar-refractivity contribution in [2.75, 3.05) is 0 Å². The Balaban J connectivity index is 1.68. The van der Waals surface area contributed by atoms with Gasteiger partial charge < -0.3 is 10.1 Å². The molecule has 0 bridgehead atoms. The lowest BCUT2D eigenvalue weighted by molar-refractivity contribution is -0.123. The second-order valence-electron chi connectivity index (χ2n) is 8.60. The third-order valence-electron chi connectivity index (χ3n) is 5.18. The van der Waals surface area contributed by atoms with Crippen LogP contribution >= 0.6 is 46.4 Å². The van der Waals surface area contributed by atoms with E-state index in [1.165, 1.54) is 6.21 Å². The molecule has 3 aromatic rings. The largest absolute Gasteiger partial charge is 0.488 e. The van der Waals surface area contributed by atoms with E-state index in [9.17, 15) is 9.59 Å². The highest BCUT2D eigenvalue weighted by atomic mass is 35.5. The van der Waals surface area contributed by atoms with Crippen LogP contribution in [0.4, 0.5) is 0 Å². The smallest absolute Gasteiger partial charge is 0.262 e. The summed E-state index contributed by atoms with van der Waals surface area (Å²) in [4.78, 5) is 25.5. The molecule has 2 amide bonds. The van der Waals surface area contributed by atoms with E-state index in [1.807, 2.05) is 13.8 Å². The quantitative estimate of drug-likeness (QED) is 0.197. The van der Waals surface area contributed by atoms with E-state index in [4.69, 9.17) is 51.1 Å². The summed E-state index contributed by atoms with van der Waals surface area (Å²) in [6.45, 7) is 4.11. The first-order chi connectivity index (χ1) is 17.6. The van der Waals surface area contributed by atoms with E-state index < -0.39 is 11.9 Å². The number of hydrogen-bond acceptors (Lipinski definition) is 4. The molecule has 2 N–H and O–H groups in total. The molecule has 0 aliphatic heterocycles. The maximum atomic E-state index is 12.9. The molecular formula is C27H25Cl4N3O3. The van der Waals surface area contributed by atoms with Crippen molar-refractivity contribution in [3.05, 3.63) is 97.4 Å². The monoisotopic (exact) mass is 579 g/mol. The Kier molecular flexibility index (Phi) is 10.6. The summed E-state index contributed by atoms with van der Waals surface area (Å²) in [6, 6.07) is 15.8. The van der Waals surface area contributed by atoms with Crippen molar-refractivity contribution in [3.8, 4) is 5.75 Å². The molecule has 0 aliphatic rings. The van der Waals surface area contributed by atoms with Gasteiger partial charge in [0.15, 0.2) is 0 Å². The van der Waals surface area contributed by atoms with Gasteiger partial charge in [-0.3, -0.25) is 9.59 Å². The normalized spacial score (nSPS) is 12.0. The number of hydrogen-bond donors (Lipinski definition) is 2. The fourth-order valence-corrected chi connectivity index (χ4v) is 4.10. The number of amides is 2. The van der Waals surface area contributed by atoms with Crippen molar-refractivity contribution >= 4 is 64.4 Å². The molecule has 0 aromatic heterocycles. The minimum Gasteiger partial charge on any atom is -0.488 e. The molecule has 0 fully saturated rings. The van der Waals surface area contributed by atoms with E-state index in [2.05, 4.69) is 15.8 Å². The molecule has 37 heavy (non-hydrogen) atoms. The molecule has 0 aliphatic carbocycles. The lowest BCUT2D eigenvalue weighted by Gasteiger charge is -2.19. The van der Waals surface area contributed by atoms with Crippen LogP contribution in [0.3, 0.4) is 0 Å². The highest BCUT2D eigenvalue weighted by molar-refractivity contribution is 6.35. The zero-order valence-electron chi connectivity index (χ0n) is 20.1. The first-order valence-corrected chi connectivity index (χ1v) is 12.9. The Morgan fingerprint density at radius 3 is 2.24 bits per heavy atom. The Labute approximate surface area is 235 Å². The number of ether oxygens (including phenoxy) is 1. The summed E-state index contributed by atoms with van der Waals surface area (Å²) in [7, 11) is 0. The lowest BCUT2D eigenvalue weighted by atomic mass is 10.0. The molecule has 0 saturated carbocycles. The standard InChI is InChI=1S/C27H25Cl4N3O3/c1-16(2)11-24(33-26(35)17-3-6-20(28)7-4-17)27(36)34-32-14-19-12-21(29)9-10-25(19)37-15-18-5-8-22(30)13-23(18)31/h3-10,12-14,16,24H,11,15H2,1-2H3,(H,33,35)(H,34,36). The molecule has 3 rings (SSSR count). The second-order valence-corrected chi connectivity index (χ2v) is 10.3. The molecular weight excluding hydrogens is 556 g/mol. The summed E-state index contributed by atoms with van der Waals surface area (Å²) in [5, 5.41) is 8.84. The number of halogens is 4. The second kappa shape index (κ2) is 13.7. The first kappa shape index (κ1) is 28.8. The van der Waals surface area contributed by atoms with Crippen LogP contribution in [-0.2, 0) is 11.4 Å². The number of carbonyl (C=O) groups is 2. The number of hydrazone groups is 1. The van der Waals surface area contributed by atoms with Crippen molar-refractivity contribution in [1.82, 2.24) is 10.7 Å². The van der Waals surface area contributed by atoms with Crippen molar-refractivity contribution < 1.29 is 14.3 Å². The SMILES string of the molecule is CC(C)CC(NC(=O)c1ccc(Cl)cc1)C(=O)NN=Cc1cc(Cl)ccc1OCc1ccc(Cl)cc1Cl. The summed E-state index contributed by atoms with van der Waals surface area (Å²) < 4.78 is 5.91. The number of nitrogens with zero attached hydrogens (tertiary/aromatic N) is 1. The molecule has 0 radical (unpaired) electrons. The van der Waals surface area contributed by atoms with Gasteiger partial charge in [-0.1, -0.05) is 66.3 Å². The van der Waals surface area contributed by atoms with Crippen LogP contribution in [-0.4, -0.2) is 24.1 Å². The summed E-state index contributed by atoms with van der Waals surface area (Å²) in [5.74, 6) is -0.196. The van der Waals surface area contributed by atoms with Crippen LogP contribution in [0.25, 0.3) is 0 Å². The van der Waals surface area contributed by atoms with Gasteiger partial charge in [0.25, 0.3) is 11.8 Å². The predicted octanol–water partition coefficient (Wildman–Crippen LogP) is 7.17. The van der Waals surface area contributed by atoms with E-state index in [0.29, 0.717) is 43.4 Å². The molecule has 3 aromatic carbocycles. The molecule has 10 heteroatoms. The molecule has 194 valence electrons. The van der Waals surface area contributed by atoms with Crippen LogP contribution in [0.2, 0.25) is 20.1 Å². The van der Waals surface area contributed by atoms with Crippen LogP contribution in [0.5, 0.6) is 5.75 Å². The zero-order valence-corrected chi connectivity index (χ0v) is 23.1. The van der Waals surface area contributed by atoms with Crippen LogP contribution < -0.4 is 15.5 Å². The van der Waals surface area contributed by atoms with Crippen molar-refractivity contribution in [1.29, 1.82) is 0 Å². The molecule has 6 nitrogen and oxygen atoms in total. The maximum Gasteiger partial charge on any atom is 0.262 e. The molecule has 0 spiro atoms. The van der Waals surface area contributed by atoms with Crippen LogP contribution in [0, 0.1) is 5.92 Å². The highest BCUT2D eigenvalue weighted by Gasteiger charge is 2.22. The van der Waals surface area contributed by atoms with Gasteiger partial charge in [0.1, 0.15) is 18.4 Å². The Morgan fingerprint density at radius 2 is 1.57 bits per heavy atom. The molecule has 1 unspecified atom stereocenters. The first-order valence-electron chi connectivity index (χ1n) is 11.4. The van der Waals surface area contributed by atoms with E-state index in [0.717, 1.165) is 5.56 Å². The average Bonchev–Trinajstić information content (AvgIpc) is 2.84.